The molecule has 0 saturated carbocycles. The fourth-order valence-corrected chi connectivity index (χ4v) is 1.90. The average Bonchev–Trinajstić information content (AvgIpc) is 2.28. The molecule has 16 heavy (non-hydrogen) atoms. The van der Waals surface area contributed by atoms with Crippen LogP contribution in [0.15, 0.2) is 22.9 Å². The standard InChI is InChI=1S/C12H17BrN2O/c1-3-5-10(4-2)15-12(16)9-6-7-14-11(13)8-9/h6-8,10H,3-5H2,1-2H3,(H,15,16). The molecule has 1 amide bonds. The van der Waals surface area contributed by atoms with Gasteiger partial charge in [-0.25, -0.2) is 4.98 Å². The predicted octanol–water partition coefficient (Wildman–Crippen LogP) is 3.15. The van der Waals surface area contributed by atoms with Crippen molar-refractivity contribution in [2.24, 2.45) is 0 Å². The van der Waals surface area contributed by atoms with Crippen molar-refractivity contribution in [1.82, 2.24) is 10.3 Å². The molecule has 0 spiro atoms. The lowest BCUT2D eigenvalue weighted by Crippen LogP contribution is -2.34. The van der Waals surface area contributed by atoms with Crippen LogP contribution in [0, 0.1) is 0 Å². The molecule has 0 aliphatic heterocycles. The molecule has 1 rings (SSSR count). The third-order valence-electron chi connectivity index (χ3n) is 2.45. The van der Waals surface area contributed by atoms with E-state index >= 15 is 0 Å². The second-order valence-electron chi connectivity index (χ2n) is 3.73. The number of hydrogen-bond acceptors (Lipinski definition) is 2. The van der Waals surface area contributed by atoms with Crippen molar-refractivity contribution in [3.63, 3.8) is 0 Å². The topological polar surface area (TPSA) is 42.0 Å². The van der Waals surface area contributed by atoms with Crippen molar-refractivity contribution in [3.05, 3.63) is 28.5 Å². The summed E-state index contributed by atoms with van der Waals surface area (Å²) < 4.78 is 0.684. The van der Waals surface area contributed by atoms with Crippen LogP contribution >= 0.6 is 15.9 Å². The minimum absolute atomic E-state index is 0.0246. The normalized spacial score (nSPS) is 12.2. The molecule has 0 radical (unpaired) electrons. The minimum atomic E-state index is -0.0246. The summed E-state index contributed by atoms with van der Waals surface area (Å²) in [5.41, 5.74) is 0.649. The van der Waals surface area contributed by atoms with Gasteiger partial charge in [-0.1, -0.05) is 20.3 Å². The summed E-state index contributed by atoms with van der Waals surface area (Å²) in [6, 6.07) is 3.72. The number of aromatic nitrogens is 1. The lowest BCUT2D eigenvalue weighted by Gasteiger charge is -2.15. The molecule has 0 aliphatic carbocycles. The second kappa shape index (κ2) is 6.63. The number of pyridine rings is 1. The monoisotopic (exact) mass is 284 g/mol. The van der Waals surface area contributed by atoms with Gasteiger partial charge in [-0.2, -0.15) is 0 Å². The molecule has 0 saturated heterocycles. The third-order valence-corrected chi connectivity index (χ3v) is 2.89. The van der Waals surface area contributed by atoms with Gasteiger partial charge in [0.05, 0.1) is 0 Å². The number of nitrogens with zero attached hydrogens (tertiary/aromatic N) is 1. The Balaban J connectivity index is 2.64. The summed E-state index contributed by atoms with van der Waals surface area (Å²) in [5.74, 6) is -0.0246. The first-order chi connectivity index (χ1) is 7.67. The number of amides is 1. The van der Waals surface area contributed by atoms with Crippen LogP contribution in [0.25, 0.3) is 0 Å². The number of halogens is 1. The quantitative estimate of drug-likeness (QED) is 0.844. The Morgan fingerprint density at radius 3 is 2.88 bits per heavy atom. The summed E-state index contributed by atoms with van der Waals surface area (Å²) in [5, 5.41) is 3.02. The second-order valence-corrected chi connectivity index (χ2v) is 4.55. The molecule has 1 heterocycles. The van der Waals surface area contributed by atoms with Gasteiger partial charge in [0.1, 0.15) is 4.60 Å². The van der Waals surface area contributed by atoms with Crippen LogP contribution in [0.3, 0.4) is 0 Å². The Hall–Kier alpha value is -0.900. The van der Waals surface area contributed by atoms with E-state index in [4.69, 9.17) is 0 Å². The molecule has 1 N–H and O–H groups in total. The maximum atomic E-state index is 11.9. The van der Waals surface area contributed by atoms with E-state index in [1.807, 2.05) is 0 Å². The number of carbonyl (C=O) groups is 1. The van der Waals surface area contributed by atoms with Crippen LogP contribution in [0.4, 0.5) is 0 Å². The van der Waals surface area contributed by atoms with Crippen molar-refractivity contribution in [1.29, 1.82) is 0 Å². The zero-order valence-electron chi connectivity index (χ0n) is 9.66. The van der Waals surface area contributed by atoms with Gasteiger partial charge in [-0.3, -0.25) is 4.79 Å². The van der Waals surface area contributed by atoms with Gasteiger partial charge in [0.2, 0.25) is 0 Å². The first-order valence-corrected chi connectivity index (χ1v) is 6.39. The Kier molecular flexibility index (Phi) is 5.46. The molecule has 0 fully saturated rings. The van der Waals surface area contributed by atoms with Crippen LogP contribution in [-0.4, -0.2) is 16.9 Å². The fraction of sp³-hybridized carbons (Fsp3) is 0.500. The molecule has 0 aliphatic rings. The molecule has 4 heteroatoms. The van der Waals surface area contributed by atoms with Crippen molar-refractivity contribution in [2.75, 3.05) is 0 Å². The van der Waals surface area contributed by atoms with Crippen molar-refractivity contribution in [3.8, 4) is 0 Å². The molecule has 88 valence electrons. The van der Waals surface area contributed by atoms with E-state index < -0.39 is 0 Å². The summed E-state index contributed by atoms with van der Waals surface area (Å²) in [7, 11) is 0. The highest BCUT2D eigenvalue weighted by molar-refractivity contribution is 9.10. The molecule has 1 aromatic heterocycles. The smallest absolute Gasteiger partial charge is 0.251 e. The number of carbonyl (C=O) groups excluding carboxylic acids is 1. The highest BCUT2D eigenvalue weighted by Crippen LogP contribution is 2.09. The zero-order valence-corrected chi connectivity index (χ0v) is 11.3. The average molecular weight is 285 g/mol. The predicted molar refractivity (Wildman–Crippen MR) is 68.4 cm³/mol. The van der Waals surface area contributed by atoms with Gasteiger partial charge in [0.15, 0.2) is 0 Å². The van der Waals surface area contributed by atoms with Gasteiger partial charge >= 0.3 is 0 Å². The SMILES string of the molecule is CCCC(CC)NC(=O)c1ccnc(Br)c1. The molecule has 1 atom stereocenters. The Morgan fingerprint density at radius 2 is 2.31 bits per heavy atom. The van der Waals surface area contributed by atoms with Crippen molar-refractivity contribution >= 4 is 21.8 Å². The number of rotatable bonds is 5. The largest absolute Gasteiger partial charge is 0.349 e. The van der Waals surface area contributed by atoms with Crippen LogP contribution in [-0.2, 0) is 0 Å². The molecule has 3 nitrogen and oxygen atoms in total. The molecule has 1 unspecified atom stereocenters. The van der Waals surface area contributed by atoms with E-state index in [0.29, 0.717) is 10.2 Å². The molecular weight excluding hydrogens is 268 g/mol. The lowest BCUT2D eigenvalue weighted by atomic mass is 10.1. The summed E-state index contributed by atoms with van der Waals surface area (Å²) >= 11 is 3.25. The summed E-state index contributed by atoms with van der Waals surface area (Å²) in [6.45, 7) is 4.21. The third kappa shape index (κ3) is 3.93. The number of hydrogen-bond donors (Lipinski definition) is 1. The van der Waals surface area contributed by atoms with Gasteiger partial charge < -0.3 is 5.32 Å². The minimum Gasteiger partial charge on any atom is -0.349 e. The maximum Gasteiger partial charge on any atom is 0.251 e. The van der Waals surface area contributed by atoms with Gasteiger partial charge in [-0.05, 0) is 40.9 Å². The van der Waals surface area contributed by atoms with Crippen LogP contribution < -0.4 is 5.32 Å². The first-order valence-electron chi connectivity index (χ1n) is 5.59. The van der Waals surface area contributed by atoms with Gasteiger partial charge in [0, 0.05) is 17.8 Å². The van der Waals surface area contributed by atoms with E-state index in [0.717, 1.165) is 19.3 Å². The number of nitrogens with one attached hydrogen (secondary N) is 1. The van der Waals surface area contributed by atoms with E-state index in [1.54, 1.807) is 18.3 Å². The van der Waals surface area contributed by atoms with Gasteiger partial charge in [0.25, 0.3) is 5.91 Å². The highest BCUT2D eigenvalue weighted by Gasteiger charge is 2.11. The Morgan fingerprint density at radius 1 is 1.56 bits per heavy atom. The Bertz CT molecular complexity index is 355. The molecule has 0 bridgehead atoms. The maximum absolute atomic E-state index is 11.9. The first kappa shape index (κ1) is 13.2. The zero-order chi connectivity index (χ0) is 12.0. The fourth-order valence-electron chi connectivity index (χ4n) is 1.54. The van der Waals surface area contributed by atoms with Crippen molar-refractivity contribution < 1.29 is 4.79 Å². The van der Waals surface area contributed by atoms with E-state index in [1.165, 1.54) is 0 Å². The lowest BCUT2D eigenvalue weighted by molar-refractivity contribution is 0.0933. The molecule has 1 aromatic rings. The van der Waals surface area contributed by atoms with Crippen LogP contribution in [0.1, 0.15) is 43.5 Å². The van der Waals surface area contributed by atoms with E-state index in [9.17, 15) is 4.79 Å². The summed E-state index contributed by atoms with van der Waals surface area (Å²) in [4.78, 5) is 15.9. The van der Waals surface area contributed by atoms with Gasteiger partial charge in [-0.15, -0.1) is 0 Å². The van der Waals surface area contributed by atoms with Crippen LogP contribution in [0.5, 0.6) is 0 Å². The van der Waals surface area contributed by atoms with E-state index in [-0.39, 0.29) is 11.9 Å². The highest BCUT2D eigenvalue weighted by atomic mass is 79.9. The molecular formula is C12H17BrN2O. The summed E-state index contributed by atoms with van der Waals surface area (Å²) in [6.07, 6.45) is 4.69. The Labute approximate surface area is 105 Å². The van der Waals surface area contributed by atoms with E-state index in [2.05, 4.69) is 40.1 Å². The van der Waals surface area contributed by atoms with Crippen LogP contribution in [0.2, 0.25) is 0 Å². The molecule has 0 aromatic carbocycles. The van der Waals surface area contributed by atoms with Crippen molar-refractivity contribution in [2.45, 2.75) is 39.2 Å².